The molecule has 1 N–H and O–H groups in total. The summed E-state index contributed by atoms with van der Waals surface area (Å²) in [4.78, 5) is 12.5. The minimum atomic E-state index is -4.43. The van der Waals surface area contributed by atoms with E-state index in [2.05, 4.69) is 10.4 Å². The topological polar surface area (TPSA) is 56.2 Å². The fourth-order valence-corrected chi connectivity index (χ4v) is 2.75. The number of carbonyl (C=O) groups excluding carboxylic acids is 1. The van der Waals surface area contributed by atoms with Gasteiger partial charge in [0.15, 0.2) is 0 Å². The molecule has 1 heterocycles. The molecule has 5 nitrogen and oxygen atoms in total. The zero-order valence-electron chi connectivity index (χ0n) is 15.5. The molecule has 0 aliphatic heterocycles. The number of aryl methyl sites for hydroxylation is 2. The van der Waals surface area contributed by atoms with E-state index in [0.717, 1.165) is 23.4 Å². The second kappa shape index (κ2) is 7.38. The fourth-order valence-electron chi connectivity index (χ4n) is 2.75. The van der Waals surface area contributed by atoms with Gasteiger partial charge in [-0.15, -0.1) is 0 Å². The molecular formula is C20H18F3N3O2. The smallest absolute Gasteiger partial charge is 0.416 e. The Morgan fingerprint density at radius 1 is 1.07 bits per heavy atom. The molecule has 0 radical (unpaired) electrons. The number of nitrogens with one attached hydrogen (secondary N) is 1. The van der Waals surface area contributed by atoms with Gasteiger partial charge >= 0.3 is 6.18 Å². The summed E-state index contributed by atoms with van der Waals surface area (Å²) < 4.78 is 45.3. The first-order valence-electron chi connectivity index (χ1n) is 8.42. The lowest BCUT2D eigenvalue weighted by Gasteiger charge is -2.11. The summed E-state index contributed by atoms with van der Waals surface area (Å²) in [6.07, 6.45) is -4.43. The van der Waals surface area contributed by atoms with Gasteiger partial charge in [-0.25, -0.2) is 0 Å². The molecule has 2 aromatic carbocycles. The first kappa shape index (κ1) is 19.5. The van der Waals surface area contributed by atoms with Crippen molar-refractivity contribution in [1.82, 2.24) is 9.78 Å². The van der Waals surface area contributed by atoms with E-state index >= 15 is 0 Å². The van der Waals surface area contributed by atoms with Gasteiger partial charge < -0.3 is 10.1 Å². The molecule has 0 aliphatic rings. The van der Waals surface area contributed by atoms with Crippen molar-refractivity contribution in [2.45, 2.75) is 20.0 Å². The third kappa shape index (κ3) is 4.16. The third-order valence-corrected chi connectivity index (χ3v) is 4.25. The molecule has 1 amide bonds. The molecule has 28 heavy (non-hydrogen) atoms. The highest BCUT2D eigenvalue weighted by Gasteiger charge is 2.30. The first-order valence-corrected chi connectivity index (χ1v) is 8.42. The SMILES string of the molecule is Cc1nn(C)c(C(=O)Nc2ccc(Oc3cccc(C(F)(F)F)c3)cc2)c1C. The summed E-state index contributed by atoms with van der Waals surface area (Å²) in [6.45, 7) is 3.65. The summed E-state index contributed by atoms with van der Waals surface area (Å²) in [5.41, 5.74) is 1.78. The fraction of sp³-hybridized carbons (Fsp3) is 0.200. The zero-order valence-corrected chi connectivity index (χ0v) is 15.5. The summed E-state index contributed by atoms with van der Waals surface area (Å²) in [6, 6.07) is 11.0. The highest BCUT2D eigenvalue weighted by Crippen LogP contribution is 2.32. The van der Waals surface area contributed by atoms with Crippen molar-refractivity contribution in [3.8, 4) is 11.5 Å². The second-order valence-corrected chi connectivity index (χ2v) is 6.29. The standard InChI is InChI=1S/C20H18F3N3O2/c1-12-13(2)25-26(3)18(12)19(27)24-15-7-9-16(10-8-15)28-17-6-4-5-14(11-17)20(21,22)23/h4-11H,1-3H3,(H,24,27). The van der Waals surface area contributed by atoms with Crippen molar-refractivity contribution < 1.29 is 22.7 Å². The van der Waals surface area contributed by atoms with E-state index in [9.17, 15) is 18.0 Å². The number of ether oxygens (including phenoxy) is 1. The number of amides is 1. The van der Waals surface area contributed by atoms with Gasteiger partial charge in [0.1, 0.15) is 17.2 Å². The van der Waals surface area contributed by atoms with Crippen LogP contribution in [-0.4, -0.2) is 15.7 Å². The predicted molar refractivity (Wildman–Crippen MR) is 98.6 cm³/mol. The monoisotopic (exact) mass is 389 g/mol. The molecular weight excluding hydrogens is 371 g/mol. The molecule has 8 heteroatoms. The van der Waals surface area contributed by atoms with E-state index in [1.54, 1.807) is 31.3 Å². The summed E-state index contributed by atoms with van der Waals surface area (Å²) in [5, 5.41) is 6.98. The molecule has 0 unspecified atom stereocenters. The molecule has 0 saturated carbocycles. The molecule has 1 aromatic heterocycles. The molecule has 3 rings (SSSR count). The number of benzene rings is 2. The molecule has 0 bridgehead atoms. The lowest BCUT2D eigenvalue weighted by Crippen LogP contribution is -2.17. The summed E-state index contributed by atoms with van der Waals surface area (Å²) in [7, 11) is 1.70. The van der Waals surface area contributed by atoms with Crippen LogP contribution in [-0.2, 0) is 13.2 Å². The molecule has 0 atom stereocenters. The highest BCUT2D eigenvalue weighted by atomic mass is 19.4. The lowest BCUT2D eigenvalue weighted by atomic mass is 10.2. The molecule has 0 fully saturated rings. The van der Waals surface area contributed by atoms with E-state index in [-0.39, 0.29) is 11.7 Å². The van der Waals surface area contributed by atoms with Gasteiger partial charge in [-0.2, -0.15) is 18.3 Å². The van der Waals surface area contributed by atoms with Gasteiger partial charge in [-0.1, -0.05) is 6.07 Å². The normalized spacial score (nSPS) is 11.4. The minimum absolute atomic E-state index is 0.0765. The van der Waals surface area contributed by atoms with Crippen LogP contribution in [0.25, 0.3) is 0 Å². The van der Waals surface area contributed by atoms with Crippen LogP contribution in [0.2, 0.25) is 0 Å². The third-order valence-electron chi connectivity index (χ3n) is 4.25. The van der Waals surface area contributed by atoms with E-state index < -0.39 is 11.7 Å². The van der Waals surface area contributed by atoms with Crippen molar-refractivity contribution in [3.05, 3.63) is 71.0 Å². The maximum Gasteiger partial charge on any atom is 0.416 e. The first-order chi connectivity index (χ1) is 13.1. The average Bonchev–Trinajstić information content (AvgIpc) is 2.88. The number of halogens is 3. The minimum Gasteiger partial charge on any atom is -0.457 e. The van der Waals surface area contributed by atoms with E-state index in [0.29, 0.717) is 17.1 Å². The largest absolute Gasteiger partial charge is 0.457 e. The molecule has 3 aromatic rings. The number of anilines is 1. The van der Waals surface area contributed by atoms with E-state index in [1.807, 2.05) is 13.8 Å². The van der Waals surface area contributed by atoms with Crippen LogP contribution in [0, 0.1) is 13.8 Å². The van der Waals surface area contributed by atoms with Crippen LogP contribution in [0.1, 0.15) is 27.3 Å². The van der Waals surface area contributed by atoms with Gasteiger partial charge in [0.05, 0.1) is 11.3 Å². The summed E-state index contributed by atoms with van der Waals surface area (Å²) in [5.74, 6) is 0.129. The van der Waals surface area contributed by atoms with Crippen LogP contribution in [0.15, 0.2) is 48.5 Å². The van der Waals surface area contributed by atoms with Crippen molar-refractivity contribution in [3.63, 3.8) is 0 Å². The number of aromatic nitrogens is 2. The van der Waals surface area contributed by atoms with Crippen molar-refractivity contribution in [1.29, 1.82) is 0 Å². The molecule has 0 spiro atoms. The number of hydrogen-bond acceptors (Lipinski definition) is 3. The Balaban J connectivity index is 1.71. The Morgan fingerprint density at radius 2 is 1.75 bits per heavy atom. The maximum atomic E-state index is 12.8. The van der Waals surface area contributed by atoms with Gasteiger partial charge in [0, 0.05) is 18.3 Å². The number of nitrogens with zero attached hydrogens (tertiary/aromatic N) is 2. The van der Waals surface area contributed by atoms with Gasteiger partial charge in [0.25, 0.3) is 5.91 Å². The Bertz CT molecular complexity index is 1010. The molecule has 146 valence electrons. The number of alkyl halides is 3. The Morgan fingerprint density at radius 3 is 2.32 bits per heavy atom. The Labute approximate surface area is 159 Å². The highest BCUT2D eigenvalue weighted by molar-refractivity contribution is 6.04. The van der Waals surface area contributed by atoms with E-state index in [4.69, 9.17) is 4.74 Å². The number of carbonyl (C=O) groups is 1. The number of hydrogen-bond donors (Lipinski definition) is 1. The zero-order chi connectivity index (χ0) is 20.5. The van der Waals surface area contributed by atoms with Crippen LogP contribution in [0.3, 0.4) is 0 Å². The maximum absolute atomic E-state index is 12.8. The van der Waals surface area contributed by atoms with Crippen LogP contribution >= 0.6 is 0 Å². The predicted octanol–water partition coefficient (Wildman–Crippen LogP) is 5.10. The quantitative estimate of drug-likeness (QED) is 0.675. The van der Waals surface area contributed by atoms with Crippen molar-refractivity contribution in [2.75, 3.05) is 5.32 Å². The van der Waals surface area contributed by atoms with Crippen molar-refractivity contribution in [2.24, 2.45) is 7.05 Å². The molecule has 0 saturated heterocycles. The Hall–Kier alpha value is -3.29. The van der Waals surface area contributed by atoms with Gasteiger partial charge in [0.2, 0.25) is 0 Å². The van der Waals surface area contributed by atoms with E-state index in [1.165, 1.54) is 16.8 Å². The Kier molecular flexibility index (Phi) is 5.13. The average molecular weight is 389 g/mol. The van der Waals surface area contributed by atoms with Gasteiger partial charge in [-0.05, 0) is 56.3 Å². The van der Waals surface area contributed by atoms with Crippen molar-refractivity contribution >= 4 is 11.6 Å². The molecule has 0 aliphatic carbocycles. The summed E-state index contributed by atoms with van der Waals surface area (Å²) >= 11 is 0. The second-order valence-electron chi connectivity index (χ2n) is 6.29. The van der Waals surface area contributed by atoms with Crippen LogP contribution < -0.4 is 10.1 Å². The van der Waals surface area contributed by atoms with Gasteiger partial charge in [-0.3, -0.25) is 9.48 Å². The lowest BCUT2D eigenvalue weighted by molar-refractivity contribution is -0.137. The van der Waals surface area contributed by atoms with Crippen LogP contribution in [0.4, 0.5) is 18.9 Å². The van der Waals surface area contributed by atoms with Crippen LogP contribution in [0.5, 0.6) is 11.5 Å². The number of rotatable bonds is 4.